The first-order valence-electron chi connectivity index (χ1n) is 6.61. The molecule has 1 aromatic carbocycles. The van der Waals surface area contributed by atoms with Crippen molar-refractivity contribution in [3.63, 3.8) is 0 Å². The van der Waals surface area contributed by atoms with Crippen molar-refractivity contribution in [1.82, 2.24) is 9.03 Å². The molecular weight excluding hydrogens is 260 g/mol. The van der Waals surface area contributed by atoms with Crippen LogP contribution in [0.25, 0.3) is 0 Å². The van der Waals surface area contributed by atoms with Gasteiger partial charge in [-0.25, -0.2) is 4.72 Å². The molecular formula is C14H24N2O2S. The Morgan fingerprint density at radius 2 is 1.74 bits per heavy atom. The first-order valence-corrected chi connectivity index (χ1v) is 8.05. The fraction of sp³-hybridized carbons (Fsp3) is 0.571. The lowest BCUT2D eigenvalue weighted by atomic mass is 10.0. The Hall–Kier alpha value is -0.910. The fourth-order valence-corrected chi connectivity index (χ4v) is 3.27. The average molecular weight is 284 g/mol. The van der Waals surface area contributed by atoms with Gasteiger partial charge in [-0.15, -0.1) is 0 Å². The molecule has 0 amide bonds. The van der Waals surface area contributed by atoms with Gasteiger partial charge in [-0.1, -0.05) is 44.2 Å². The van der Waals surface area contributed by atoms with Crippen LogP contribution in [-0.2, 0) is 16.8 Å². The summed E-state index contributed by atoms with van der Waals surface area (Å²) in [5.41, 5.74) is 0.997. The molecule has 1 unspecified atom stereocenters. The molecule has 1 rings (SSSR count). The molecule has 108 valence electrons. The van der Waals surface area contributed by atoms with Crippen LogP contribution in [0.5, 0.6) is 0 Å². The molecule has 0 heterocycles. The second-order valence-corrected chi connectivity index (χ2v) is 7.05. The predicted molar refractivity (Wildman–Crippen MR) is 78.9 cm³/mol. The van der Waals surface area contributed by atoms with E-state index in [-0.39, 0.29) is 6.04 Å². The van der Waals surface area contributed by atoms with Crippen molar-refractivity contribution in [3.05, 3.63) is 35.9 Å². The van der Waals surface area contributed by atoms with Crippen LogP contribution in [0.4, 0.5) is 0 Å². The van der Waals surface area contributed by atoms with Crippen LogP contribution in [0.2, 0.25) is 0 Å². The predicted octanol–water partition coefficient (Wildman–Crippen LogP) is 2.39. The first-order chi connectivity index (χ1) is 8.86. The van der Waals surface area contributed by atoms with Crippen molar-refractivity contribution >= 4 is 10.2 Å². The van der Waals surface area contributed by atoms with Gasteiger partial charge in [0.2, 0.25) is 0 Å². The summed E-state index contributed by atoms with van der Waals surface area (Å²) >= 11 is 0. The van der Waals surface area contributed by atoms with Crippen molar-refractivity contribution in [2.24, 2.45) is 5.92 Å². The molecule has 0 saturated carbocycles. The maximum Gasteiger partial charge on any atom is 0.279 e. The summed E-state index contributed by atoms with van der Waals surface area (Å²) in [6.07, 6.45) is 0.841. The van der Waals surface area contributed by atoms with Crippen LogP contribution in [0, 0.1) is 5.92 Å². The highest BCUT2D eigenvalue weighted by atomic mass is 32.2. The van der Waals surface area contributed by atoms with Crippen LogP contribution in [0.15, 0.2) is 30.3 Å². The minimum atomic E-state index is -3.42. The monoisotopic (exact) mass is 284 g/mol. The SMILES string of the molecule is CNS(=O)(=O)N(Cc1ccccc1)C(C)CC(C)C. The number of benzene rings is 1. The lowest BCUT2D eigenvalue weighted by Crippen LogP contribution is -2.44. The Bertz CT molecular complexity index is 471. The zero-order valence-corrected chi connectivity index (χ0v) is 12.9. The molecule has 0 aliphatic heterocycles. The summed E-state index contributed by atoms with van der Waals surface area (Å²) < 4.78 is 28.2. The molecule has 0 saturated heterocycles. The third-order valence-electron chi connectivity index (χ3n) is 3.05. The quantitative estimate of drug-likeness (QED) is 0.836. The van der Waals surface area contributed by atoms with Gasteiger partial charge in [-0.3, -0.25) is 0 Å². The highest BCUT2D eigenvalue weighted by Gasteiger charge is 2.26. The fourth-order valence-electron chi connectivity index (χ4n) is 2.16. The lowest BCUT2D eigenvalue weighted by molar-refractivity contribution is 0.288. The topological polar surface area (TPSA) is 49.4 Å². The van der Waals surface area contributed by atoms with Crippen molar-refractivity contribution in [2.45, 2.75) is 39.8 Å². The average Bonchev–Trinajstić information content (AvgIpc) is 2.36. The van der Waals surface area contributed by atoms with Gasteiger partial charge in [-0.2, -0.15) is 12.7 Å². The number of nitrogens with zero attached hydrogens (tertiary/aromatic N) is 1. The van der Waals surface area contributed by atoms with Gasteiger partial charge >= 0.3 is 0 Å². The minimum absolute atomic E-state index is 0.0299. The van der Waals surface area contributed by atoms with Gasteiger partial charge in [0.25, 0.3) is 10.2 Å². The van der Waals surface area contributed by atoms with E-state index >= 15 is 0 Å². The van der Waals surface area contributed by atoms with E-state index < -0.39 is 10.2 Å². The third-order valence-corrected chi connectivity index (χ3v) is 4.67. The first kappa shape index (κ1) is 16.1. The van der Waals surface area contributed by atoms with Crippen LogP contribution in [-0.4, -0.2) is 25.8 Å². The number of rotatable bonds is 7. The van der Waals surface area contributed by atoms with E-state index in [1.807, 2.05) is 37.3 Å². The summed E-state index contributed by atoms with van der Waals surface area (Å²) in [6, 6.07) is 9.63. The Labute approximate surface area is 117 Å². The highest BCUT2D eigenvalue weighted by molar-refractivity contribution is 7.87. The maximum atomic E-state index is 12.1. The van der Waals surface area contributed by atoms with E-state index in [4.69, 9.17) is 0 Å². The number of nitrogens with one attached hydrogen (secondary N) is 1. The Morgan fingerprint density at radius 3 is 2.21 bits per heavy atom. The third kappa shape index (κ3) is 4.93. The van der Waals surface area contributed by atoms with Gasteiger partial charge in [0.1, 0.15) is 0 Å². The molecule has 1 atom stereocenters. The summed E-state index contributed by atoms with van der Waals surface area (Å²) in [5.74, 6) is 0.459. The molecule has 0 radical (unpaired) electrons. The molecule has 0 fully saturated rings. The second kappa shape index (κ2) is 7.03. The van der Waals surface area contributed by atoms with Crippen LogP contribution in [0.1, 0.15) is 32.8 Å². The summed E-state index contributed by atoms with van der Waals surface area (Å²) in [5, 5.41) is 0. The standard InChI is InChI=1S/C14H24N2O2S/c1-12(2)10-13(3)16(19(17,18)15-4)11-14-8-6-5-7-9-14/h5-9,12-13,15H,10-11H2,1-4H3. The lowest BCUT2D eigenvalue weighted by Gasteiger charge is -2.29. The smallest absolute Gasteiger partial charge is 0.205 e. The normalized spacial score (nSPS) is 14.0. The van der Waals surface area contributed by atoms with Crippen LogP contribution < -0.4 is 4.72 Å². The maximum absolute atomic E-state index is 12.1. The zero-order valence-electron chi connectivity index (χ0n) is 12.1. The summed E-state index contributed by atoms with van der Waals surface area (Å²) in [6.45, 7) is 6.56. The van der Waals surface area contributed by atoms with E-state index in [2.05, 4.69) is 18.6 Å². The second-order valence-electron chi connectivity index (χ2n) is 5.22. The molecule has 19 heavy (non-hydrogen) atoms. The van der Waals surface area contributed by atoms with Crippen LogP contribution >= 0.6 is 0 Å². The van der Waals surface area contributed by atoms with E-state index in [9.17, 15) is 8.42 Å². The summed E-state index contributed by atoms with van der Waals surface area (Å²) in [7, 11) is -1.97. The molecule has 0 spiro atoms. The Kier molecular flexibility index (Phi) is 5.97. The van der Waals surface area contributed by atoms with Crippen molar-refractivity contribution < 1.29 is 8.42 Å². The van der Waals surface area contributed by atoms with Gasteiger partial charge in [-0.05, 0) is 24.8 Å². The number of hydrogen-bond donors (Lipinski definition) is 1. The largest absolute Gasteiger partial charge is 0.279 e. The molecule has 0 aliphatic rings. The van der Waals surface area contributed by atoms with E-state index in [0.717, 1.165) is 12.0 Å². The summed E-state index contributed by atoms with van der Waals surface area (Å²) in [4.78, 5) is 0. The van der Waals surface area contributed by atoms with Crippen molar-refractivity contribution in [1.29, 1.82) is 0 Å². The van der Waals surface area contributed by atoms with Crippen molar-refractivity contribution in [3.8, 4) is 0 Å². The molecule has 0 aromatic heterocycles. The molecule has 1 N–H and O–H groups in total. The van der Waals surface area contributed by atoms with E-state index in [1.54, 1.807) is 0 Å². The highest BCUT2D eigenvalue weighted by Crippen LogP contribution is 2.17. The molecule has 4 nitrogen and oxygen atoms in total. The molecule has 0 bridgehead atoms. The van der Waals surface area contributed by atoms with Crippen molar-refractivity contribution in [2.75, 3.05) is 7.05 Å². The zero-order chi connectivity index (χ0) is 14.5. The van der Waals surface area contributed by atoms with Crippen LogP contribution in [0.3, 0.4) is 0 Å². The minimum Gasteiger partial charge on any atom is -0.205 e. The van der Waals surface area contributed by atoms with E-state index in [0.29, 0.717) is 12.5 Å². The number of hydrogen-bond acceptors (Lipinski definition) is 2. The van der Waals surface area contributed by atoms with Gasteiger partial charge in [0.05, 0.1) is 0 Å². The van der Waals surface area contributed by atoms with Gasteiger partial charge < -0.3 is 0 Å². The Morgan fingerprint density at radius 1 is 1.16 bits per heavy atom. The molecule has 1 aromatic rings. The van der Waals surface area contributed by atoms with Gasteiger partial charge in [0, 0.05) is 19.6 Å². The Balaban J connectivity index is 2.93. The van der Waals surface area contributed by atoms with E-state index in [1.165, 1.54) is 11.4 Å². The van der Waals surface area contributed by atoms with Gasteiger partial charge in [0.15, 0.2) is 0 Å². The molecule has 5 heteroatoms. The molecule has 0 aliphatic carbocycles.